The molecule has 2 aromatic carbocycles. The minimum atomic E-state index is -0.0764. The van der Waals surface area contributed by atoms with Crippen molar-refractivity contribution in [3.05, 3.63) is 48.5 Å². The summed E-state index contributed by atoms with van der Waals surface area (Å²) in [5.41, 5.74) is 0. The van der Waals surface area contributed by atoms with E-state index in [1.807, 2.05) is 6.07 Å². The van der Waals surface area contributed by atoms with E-state index in [4.69, 9.17) is 14.9 Å². The Bertz CT molecular complexity index is 519. The minimum absolute atomic E-state index is 0.0764. The van der Waals surface area contributed by atoms with Crippen molar-refractivity contribution in [2.75, 3.05) is 6.61 Å². The first-order valence-corrected chi connectivity index (χ1v) is 7.53. The van der Waals surface area contributed by atoms with Gasteiger partial charge >= 0.3 is 0 Å². The van der Waals surface area contributed by atoms with E-state index in [9.17, 15) is 5.11 Å². The smallest absolute Gasteiger partial charge is 0.160 e. The van der Waals surface area contributed by atoms with Gasteiger partial charge in [0.2, 0.25) is 0 Å². The first-order valence-electron chi connectivity index (χ1n) is 7.53. The van der Waals surface area contributed by atoms with E-state index in [1.54, 1.807) is 30.3 Å². The molecule has 2 rings (SSSR count). The fourth-order valence-electron chi connectivity index (χ4n) is 1.75. The van der Waals surface area contributed by atoms with Crippen molar-refractivity contribution in [3.8, 4) is 23.0 Å². The van der Waals surface area contributed by atoms with Crippen molar-refractivity contribution in [3.63, 3.8) is 0 Å². The number of hydrogen-bond donors (Lipinski definition) is 3. The van der Waals surface area contributed by atoms with Gasteiger partial charge in [-0.25, -0.2) is 0 Å². The molecule has 0 aliphatic carbocycles. The van der Waals surface area contributed by atoms with Crippen LogP contribution in [0.4, 0.5) is 0 Å². The summed E-state index contributed by atoms with van der Waals surface area (Å²) in [7, 11) is 0. The molecule has 0 aliphatic rings. The van der Waals surface area contributed by atoms with Crippen LogP contribution in [0.5, 0.6) is 23.0 Å². The van der Waals surface area contributed by atoms with Crippen molar-refractivity contribution in [2.24, 2.45) is 0 Å². The summed E-state index contributed by atoms with van der Waals surface area (Å²) >= 11 is 0. The van der Waals surface area contributed by atoms with Crippen molar-refractivity contribution < 1.29 is 20.1 Å². The van der Waals surface area contributed by atoms with Crippen LogP contribution in [0.1, 0.15) is 32.6 Å². The van der Waals surface area contributed by atoms with Gasteiger partial charge in [-0.05, 0) is 30.7 Å². The molecule has 0 spiro atoms. The third-order valence-corrected chi connectivity index (χ3v) is 3.00. The van der Waals surface area contributed by atoms with Crippen LogP contribution in [0.25, 0.3) is 0 Å². The average Bonchev–Trinajstić information content (AvgIpc) is 2.52. The Kier molecular flexibility index (Phi) is 8.35. The lowest BCUT2D eigenvalue weighted by molar-refractivity contribution is 0.289. The highest BCUT2D eigenvalue weighted by molar-refractivity contribution is 5.38. The molecule has 0 unspecified atom stereocenters. The molecular weight excluding hydrogens is 280 g/mol. The Morgan fingerprint density at radius 1 is 0.727 bits per heavy atom. The van der Waals surface area contributed by atoms with E-state index >= 15 is 0 Å². The van der Waals surface area contributed by atoms with Gasteiger partial charge in [0.05, 0.1) is 6.61 Å². The van der Waals surface area contributed by atoms with Gasteiger partial charge in [0.1, 0.15) is 0 Å². The molecule has 0 aliphatic heterocycles. The first-order chi connectivity index (χ1) is 10.6. The molecule has 0 heterocycles. The molecule has 0 atom stereocenters. The number of hydrogen-bond acceptors (Lipinski definition) is 4. The molecule has 4 heteroatoms. The number of aromatic hydroxyl groups is 3. The van der Waals surface area contributed by atoms with Crippen LogP contribution in [-0.2, 0) is 0 Å². The van der Waals surface area contributed by atoms with Crippen LogP contribution in [-0.4, -0.2) is 21.9 Å². The summed E-state index contributed by atoms with van der Waals surface area (Å²) in [6.07, 6.45) is 4.74. The maximum atomic E-state index is 9.39. The summed E-state index contributed by atoms with van der Waals surface area (Å²) in [6.45, 7) is 2.88. The minimum Gasteiger partial charge on any atom is -0.504 e. The number of benzene rings is 2. The van der Waals surface area contributed by atoms with Crippen LogP contribution in [0.2, 0.25) is 0 Å². The topological polar surface area (TPSA) is 69.9 Å². The van der Waals surface area contributed by atoms with Crippen LogP contribution in [0.3, 0.4) is 0 Å². The Morgan fingerprint density at radius 2 is 1.27 bits per heavy atom. The number of phenols is 3. The maximum absolute atomic E-state index is 9.39. The molecular formula is C18H24O4. The molecule has 0 aromatic heterocycles. The van der Waals surface area contributed by atoms with Gasteiger partial charge in [-0.15, -0.1) is 0 Å². The molecule has 120 valence electrons. The van der Waals surface area contributed by atoms with Crippen molar-refractivity contribution >= 4 is 0 Å². The van der Waals surface area contributed by atoms with Gasteiger partial charge in [-0.3, -0.25) is 0 Å². The van der Waals surface area contributed by atoms with Gasteiger partial charge in [-0.1, -0.05) is 50.5 Å². The lowest BCUT2D eigenvalue weighted by Gasteiger charge is -2.06. The highest BCUT2D eigenvalue weighted by Gasteiger charge is 1.98. The Labute approximate surface area is 131 Å². The third kappa shape index (κ3) is 6.88. The summed E-state index contributed by atoms with van der Waals surface area (Å²) in [5, 5.41) is 26.7. The average molecular weight is 304 g/mol. The highest BCUT2D eigenvalue weighted by atomic mass is 16.5. The predicted molar refractivity (Wildman–Crippen MR) is 87.5 cm³/mol. The lowest BCUT2D eigenvalue weighted by atomic mass is 10.2. The van der Waals surface area contributed by atoms with Crippen molar-refractivity contribution in [1.29, 1.82) is 0 Å². The monoisotopic (exact) mass is 304 g/mol. The summed E-state index contributed by atoms with van der Waals surface area (Å²) in [6, 6.07) is 13.2. The van der Waals surface area contributed by atoms with E-state index in [0.717, 1.165) is 6.42 Å². The normalized spacial score (nSPS) is 9.68. The summed E-state index contributed by atoms with van der Waals surface area (Å²) in [4.78, 5) is 0. The zero-order valence-electron chi connectivity index (χ0n) is 12.9. The van der Waals surface area contributed by atoms with Crippen LogP contribution < -0.4 is 4.74 Å². The number of para-hydroxylation sites is 4. The van der Waals surface area contributed by atoms with Crippen molar-refractivity contribution in [1.82, 2.24) is 0 Å². The van der Waals surface area contributed by atoms with Crippen LogP contribution >= 0.6 is 0 Å². The molecule has 0 bridgehead atoms. The number of rotatable bonds is 6. The quantitative estimate of drug-likeness (QED) is 0.545. The third-order valence-electron chi connectivity index (χ3n) is 3.00. The zero-order chi connectivity index (χ0) is 16.2. The molecule has 0 saturated carbocycles. The second kappa shape index (κ2) is 10.4. The predicted octanol–water partition coefficient (Wildman–Crippen LogP) is 4.45. The van der Waals surface area contributed by atoms with Gasteiger partial charge in [0.15, 0.2) is 23.0 Å². The largest absolute Gasteiger partial charge is 0.504 e. The lowest BCUT2D eigenvalue weighted by Crippen LogP contribution is -1.97. The molecule has 0 saturated heterocycles. The number of ether oxygens (including phenoxy) is 1. The molecule has 22 heavy (non-hydrogen) atoms. The molecule has 0 amide bonds. The number of unbranched alkanes of at least 4 members (excludes halogenated alkanes) is 3. The van der Waals surface area contributed by atoms with Crippen LogP contribution in [0.15, 0.2) is 48.5 Å². The first kappa shape index (κ1) is 17.7. The van der Waals surface area contributed by atoms with Crippen molar-refractivity contribution in [2.45, 2.75) is 32.6 Å². The summed E-state index contributed by atoms with van der Waals surface area (Å²) in [5.74, 6) is 0.659. The fraction of sp³-hybridized carbons (Fsp3) is 0.333. The van der Waals surface area contributed by atoms with E-state index in [-0.39, 0.29) is 17.2 Å². The zero-order valence-corrected chi connectivity index (χ0v) is 12.9. The van der Waals surface area contributed by atoms with Gasteiger partial charge in [0, 0.05) is 0 Å². The highest BCUT2D eigenvalue weighted by Crippen LogP contribution is 2.24. The molecule has 2 aromatic rings. The maximum Gasteiger partial charge on any atom is 0.160 e. The second-order valence-electron chi connectivity index (χ2n) is 4.87. The van der Waals surface area contributed by atoms with Gasteiger partial charge in [0.25, 0.3) is 0 Å². The Hall–Kier alpha value is -2.36. The van der Waals surface area contributed by atoms with E-state index in [2.05, 4.69) is 6.92 Å². The van der Waals surface area contributed by atoms with E-state index < -0.39 is 0 Å². The molecule has 0 fully saturated rings. The van der Waals surface area contributed by atoms with Gasteiger partial charge < -0.3 is 20.1 Å². The van der Waals surface area contributed by atoms with E-state index in [0.29, 0.717) is 12.4 Å². The van der Waals surface area contributed by atoms with Crippen LogP contribution in [0, 0.1) is 0 Å². The SMILES string of the molecule is CCCCCCOc1ccccc1O.Oc1ccccc1O. The summed E-state index contributed by atoms with van der Waals surface area (Å²) < 4.78 is 5.43. The molecule has 3 N–H and O–H groups in total. The number of phenolic OH excluding ortho intramolecular Hbond substituents is 3. The Morgan fingerprint density at radius 3 is 1.77 bits per heavy atom. The fourth-order valence-corrected chi connectivity index (χ4v) is 1.75. The molecule has 4 nitrogen and oxygen atoms in total. The standard InChI is InChI=1S/C12H18O2.C6H6O2/c1-2-3-4-7-10-14-12-9-6-5-8-11(12)13;7-5-3-1-2-4-6(5)8/h5-6,8-9,13H,2-4,7,10H2,1H3;1-4,7-8H. The molecule has 0 radical (unpaired) electrons. The van der Waals surface area contributed by atoms with E-state index in [1.165, 1.54) is 31.4 Å². The van der Waals surface area contributed by atoms with Gasteiger partial charge in [-0.2, -0.15) is 0 Å². The second-order valence-corrected chi connectivity index (χ2v) is 4.87. The Balaban J connectivity index is 0.000000255.